The number of hydrogen-bond acceptors (Lipinski definition) is 2. The Morgan fingerprint density at radius 2 is 1.31 bits per heavy atom. The minimum Gasteiger partial charge on any atom is -0.343 e. The molecule has 0 unspecified atom stereocenters. The molecule has 4 aromatic carbocycles. The van der Waals surface area contributed by atoms with Crippen molar-refractivity contribution in [2.45, 2.75) is 70.6 Å². The molecule has 4 aliphatic heterocycles. The summed E-state index contributed by atoms with van der Waals surface area (Å²) in [6.45, 7) is 10.8. The van der Waals surface area contributed by atoms with Gasteiger partial charge in [0.05, 0.1) is 11.1 Å². The number of halogens is 2. The highest BCUT2D eigenvalue weighted by molar-refractivity contribution is 6.08. The summed E-state index contributed by atoms with van der Waals surface area (Å²) in [5.41, 5.74) is 15.2. The van der Waals surface area contributed by atoms with E-state index in [-0.39, 0.29) is 22.5 Å². The lowest BCUT2D eigenvalue weighted by molar-refractivity contribution is -0.428. The lowest BCUT2D eigenvalue weighted by Gasteiger charge is -2.34. The van der Waals surface area contributed by atoms with Gasteiger partial charge in [-0.2, -0.15) is 4.58 Å². The van der Waals surface area contributed by atoms with E-state index in [0.29, 0.717) is 0 Å². The lowest BCUT2D eigenvalue weighted by atomic mass is 9.77. The standard InChI is InChI=1S/C46H44F2N3/c1-45(2)38-28-34(47)18-20-40(38)49-24-22-32(43(45)49)26-30-12-11-13-31(42(30)51(36-14-7-5-8-15-36)37-16-9-6-10-17-37)27-33-23-25-50-41-21-19-35(48)29-39(41)46(3,4)44(33)50/h5-10,14-21,26-29H,11-13,22-25H2,1-4H3/q+1. The van der Waals surface area contributed by atoms with Crippen LogP contribution >= 0.6 is 0 Å². The molecule has 3 nitrogen and oxygen atoms in total. The summed E-state index contributed by atoms with van der Waals surface area (Å²) in [4.78, 5) is 4.88. The average molecular weight is 677 g/mol. The zero-order chi connectivity index (χ0) is 35.1. The minimum atomic E-state index is -0.297. The van der Waals surface area contributed by atoms with Crippen molar-refractivity contribution in [1.29, 1.82) is 0 Å². The molecule has 0 atom stereocenters. The summed E-state index contributed by atoms with van der Waals surface area (Å²) in [7, 11) is 0. The van der Waals surface area contributed by atoms with Crippen molar-refractivity contribution in [3.05, 3.63) is 166 Å². The Morgan fingerprint density at radius 1 is 0.667 bits per heavy atom. The average Bonchev–Trinajstić information content (AvgIpc) is 3.85. The van der Waals surface area contributed by atoms with E-state index in [4.69, 9.17) is 0 Å². The predicted octanol–water partition coefficient (Wildman–Crippen LogP) is 11.3. The lowest BCUT2D eigenvalue weighted by Crippen LogP contribution is -2.28. The van der Waals surface area contributed by atoms with Gasteiger partial charge in [-0.15, -0.1) is 0 Å². The molecule has 0 bridgehead atoms. The van der Waals surface area contributed by atoms with Gasteiger partial charge in [0.2, 0.25) is 5.69 Å². The van der Waals surface area contributed by atoms with Crippen LogP contribution in [0.25, 0.3) is 0 Å². The largest absolute Gasteiger partial charge is 0.343 e. The molecule has 0 saturated carbocycles. The fraction of sp³-hybridized carbons (Fsp3) is 0.283. The summed E-state index contributed by atoms with van der Waals surface area (Å²) < 4.78 is 31.6. The topological polar surface area (TPSA) is 9.49 Å². The van der Waals surface area contributed by atoms with Gasteiger partial charge in [0, 0.05) is 58.3 Å². The smallest absolute Gasteiger partial charge is 0.209 e. The molecule has 4 aromatic rings. The first-order valence-corrected chi connectivity index (χ1v) is 18.4. The van der Waals surface area contributed by atoms with Crippen molar-refractivity contribution in [2.24, 2.45) is 0 Å². The molecule has 5 heteroatoms. The van der Waals surface area contributed by atoms with E-state index < -0.39 is 0 Å². The van der Waals surface area contributed by atoms with Crippen molar-refractivity contribution in [3.63, 3.8) is 0 Å². The van der Waals surface area contributed by atoms with Crippen LogP contribution in [-0.2, 0) is 10.8 Å². The Balaban J connectivity index is 1.25. The van der Waals surface area contributed by atoms with Gasteiger partial charge in [0.1, 0.15) is 11.6 Å². The van der Waals surface area contributed by atoms with E-state index in [1.54, 1.807) is 24.3 Å². The normalized spacial score (nSPS) is 21.5. The van der Waals surface area contributed by atoms with Crippen molar-refractivity contribution >= 4 is 28.5 Å². The quantitative estimate of drug-likeness (QED) is 0.195. The summed E-state index contributed by atoms with van der Waals surface area (Å²) in [5, 5.41) is 0. The molecule has 0 amide bonds. The van der Waals surface area contributed by atoms with E-state index in [1.807, 2.05) is 12.1 Å². The number of nitrogens with zero attached hydrogens (tertiary/aromatic N) is 3. The predicted molar refractivity (Wildman–Crippen MR) is 204 cm³/mol. The number of rotatable bonds is 5. The number of hydrogen-bond donors (Lipinski definition) is 0. The third-order valence-electron chi connectivity index (χ3n) is 11.8. The minimum absolute atomic E-state index is 0.179. The van der Waals surface area contributed by atoms with Crippen molar-refractivity contribution < 1.29 is 13.4 Å². The number of allylic oxidation sites excluding steroid dienone is 5. The first kappa shape index (κ1) is 31.9. The molecule has 9 rings (SSSR count). The van der Waals surface area contributed by atoms with E-state index in [1.165, 1.54) is 39.4 Å². The highest BCUT2D eigenvalue weighted by Crippen LogP contribution is 2.53. The van der Waals surface area contributed by atoms with Crippen LogP contribution in [-0.4, -0.2) is 23.4 Å². The van der Waals surface area contributed by atoms with Gasteiger partial charge in [-0.05, 0) is 122 Å². The molecule has 256 valence electrons. The fourth-order valence-electron chi connectivity index (χ4n) is 9.72. The van der Waals surface area contributed by atoms with Gasteiger partial charge in [-0.1, -0.05) is 56.3 Å². The van der Waals surface area contributed by atoms with E-state index >= 15 is 0 Å². The number of benzene rings is 4. The number of fused-ring (bicyclic) bond motifs is 5. The van der Waals surface area contributed by atoms with Crippen molar-refractivity contribution in [1.82, 2.24) is 0 Å². The summed E-state index contributed by atoms with van der Waals surface area (Å²) in [6.07, 6.45) is 9.87. The molecule has 0 fully saturated rings. The van der Waals surface area contributed by atoms with Crippen LogP contribution in [0, 0.1) is 11.6 Å². The molecule has 0 saturated heterocycles. The Labute approximate surface area is 300 Å². The van der Waals surface area contributed by atoms with Crippen LogP contribution in [0.5, 0.6) is 0 Å². The molecule has 0 aromatic heterocycles. The van der Waals surface area contributed by atoms with E-state index in [2.05, 4.69) is 115 Å². The van der Waals surface area contributed by atoms with Gasteiger partial charge in [0.15, 0.2) is 12.3 Å². The highest BCUT2D eigenvalue weighted by Gasteiger charge is 2.50. The maximum Gasteiger partial charge on any atom is 0.209 e. The third-order valence-corrected chi connectivity index (χ3v) is 11.8. The van der Waals surface area contributed by atoms with E-state index in [9.17, 15) is 8.78 Å². The maximum atomic E-state index is 14.6. The number of anilines is 3. The zero-order valence-corrected chi connectivity index (χ0v) is 29.9. The Bertz CT molecular complexity index is 2210. The van der Waals surface area contributed by atoms with Gasteiger partial charge >= 0.3 is 0 Å². The molecule has 0 radical (unpaired) electrons. The second-order valence-corrected chi connectivity index (χ2v) is 15.7. The molecular formula is C46H44F2N3+. The molecule has 4 heterocycles. The first-order chi connectivity index (χ1) is 24.6. The molecule has 51 heavy (non-hydrogen) atoms. The Hall–Kier alpha value is -5.03. The van der Waals surface area contributed by atoms with E-state index in [0.717, 1.165) is 79.1 Å². The molecule has 5 aliphatic rings. The third kappa shape index (κ3) is 4.99. The van der Waals surface area contributed by atoms with Gasteiger partial charge < -0.3 is 9.80 Å². The van der Waals surface area contributed by atoms with Crippen molar-refractivity contribution in [3.8, 4) is 0 Å². The Morgan fingerprint density at radius 3 is 2.02 bits per heavy atom. The van der Waals surface area contributed by atoms with Crippen LogP contribution in [0.4, 0.5) is 31.5 Å². The summed E-state index contributed by atoms with van der Waals surface area (Å²) >= 11 is 0. The molecular weight excluding hydrogens is 633 g/mol. The summed E-state index contributed by atoms with van der Waals surface area (Å²) in [6, 6.07) is 32.0. The fourth-order valence-corrected chi connectivity index (χ4v) is 9.72. The summed E-state index contributed by atoms with van der Waals surface area (Å²) in [5.74, 6) is -0.357. The molecule has 0 N–H and O–H groups in total. The molecule has 1 aliphatic carbocycles. The van der Waals surface area contributed by atoms with Crippen LogP contribution < -0.4 is 9.80 Å². The molecule has 0 spiro atoms. The van der Waals surface area contributed by atoms with Gasteiger partial charge in [-0.25, -0.2) is 8.78 Å². The number of para-hydroxylation sites is 2. The van der Waals surface area contributed by atoms with Crippen LogP contribution in [0.3, 0.4) is 0 Å². The highest BCUT2D eigenvalue weighted by atomic mass is 19.1. The monoisotopic (exact) mass is 676 g/mol. The second-order valence-electron chi connectivity index (χ2n) is 15.7. The first-order valence-electron chi connectivity index (χ1n) is 18.4. The maximum absolute atomic E-state index is 14.6. The Kier molecular flexibility index (Phi) is 7.36. The SMILES string of the molecule is CC1(C)C2=C(C=C3CCCC(C=C4CC[N+]5=C4C(C)(C)c4cc(F)ccc45)=C3N(c3ccccc3)c3ccccc3)CCN2c2ccc(F)cc21. The zero-order valence-electron chi connectivity index (χ0n) is 29.9. The van der Waals surface area contributed by atoms with Crippen LogP contribution in [0.1, 0.15) is 70.9 Å². The van der Waals surface area contributed by atoms with Crippen LogP contribution in [0.15, 0.2) is 143 Å². The van der Waals surface area contributed by atoms with Crippen molar-refractivity contribution in [2.75, 3.05) is 22.9 Å². The second kappa shape index (κ2) is 11.8. The van der Waals surface area contributed by atoms with Gasteiger partial charge in [0.25, 0.3) is 0 Å². The van der Waals surface area contributed by atoms with Crippen LogP contribution in [0.2, 0.25) is 0 Å². The van der Waals surface area contributed by atoms with Gasteiger partial charge in [-0.3, -0.25) is 0 Å².